The molecular formula is C11H8N2O. The Kier molecular flexibility index (Phi) is 2.32. The summed E-state index contributed by atoms with van der Waals surface area (Å²) in [5.74, 6) is 0. The minimum atomic E-state index is 0.645. The number of carbonyl (C=O) groups is 1. The molecule has 3 nitrogen and oxygen atoms in total. The van der Waals surface area contributed by atoms with Gasteiger partial charge in [-0.15, -0.1) is 0 Å². The van der Waals surface area contributed by atoms with Gasteiger partial charge in [-0.1, -0.05) is 24.3 Å². The maximum absolute atomic E-state index is 10.8. The molecule has 3 heteroatoms. The molecule has 0 aliphatic carbocycles. The van der Waals surface area contributed by atoms with E-state index in [-0.39, 0.29) is 0 Å². The maximum Gasteiger partial charge on any atom is 0.150 e. The van der Waals surface area contributed by atoms with Gasteiger partial charge in [0.15, 0.2) is 6.29 Å². The molecule has 68 valence electrons. The summed E-state index contributed by atoms with van der Waals surface area (Å²) in [7, 11) is 0. The van der Waals surface area contributed by atoms with Gasteiger partial charge in [0, 0.05) is 17.3 Å². The smallest absolute Gasteiger partial charge is 0.150 e. The van der Waals surface area contributed by atoms with Crippen molar-refractivity contribution in [2.75, 3.05) is 0 Å². The second-order valence-electron chi connectivity index (χ2n) is 2.80. The van der Waals surface area contributed by atoms with Crippen LogP contribution in [-0.4, -0.2) is 16.3 Å². The molecule has 14 heavy (non-hydrogen) atoms. The van der Waals surface area contributed by atoms with Gasteiger partial charge < -0.3 is 0 Å². The summed E-state index contributed by atoms with van der Waals surface area (Å²) in [6, 6.07) is 9.12. The van der Waals surface area contributed by atoms with Crippen LogP contribution in [-0.2, 0) is 0 Å². The molecule has 0 aliphatic heterocycles. The second-order valence-corrected chi connectivity index (χ2v) is 2.80. The first-order valence-corrected chi connectivity index (χ1v) is 4.22. The predicted molar refractivity (Wildman–Crippen MR) is 52.9 cm³/mol. The Morgan fingerprint density at radius 3 is 2.71 bits per heavy atom. The van der Waals surface area contributed by atoms with Crippen LogP contribution >= 0.6 is 0 Å². The van der Waals surface area contributed by atoms with Crippen LogP contribution in [0.15, 0.2) is 42.9 Å². The van der Waals surface area contributed by atoms with E-state index in [1.807, 2.05) is 18.2 Å². The van der Waals surface area contributed by atoms with Crippen molar-refractivity contribution in [3.63, 3.8) is 0 Å². The first-order valence-electron chi connectivity index (χ1n) is 4.22. The number of aldehydes is 1. The van der Waals surface area contributed by atoms with Crippen molar-refractivity contribution in [2.24, 2.45) is 0 Å². The first kappa shape index (κ1) is 8.56. The summed E-state index contributed by atoms with van der Waals surface area (Å²) in [4.78, 5) is 18.7. The molecule has 2 aromatic rings. The normalized spacial score (nSPS) is 9.71. The van der Waals surface area contributed by atoms with E-state index in [2.05, 4.69) is 9.97 Å². The molecule has 2 rings (SSSR count). The molecule has 0 unspecified atom stereocenters. The third-order valence-electron chi connectivity index (χ3n) is 1.95. The van der Waals surface area contributed by atoms with Crippen molar-refractivity contribution in [1.82, 2.24) is 9.97 Å². The fourth-order valence-electron chi connectivity index (χ4n) is 1.28. The largest absolute Gasteiger partial charge is 0.298 e. The van der Waals surface area contributed by atoms with Gasteiger partial charge in [0.2, 0.25) is 0 Å². The SMILES string of the molecule is O=Cc1ccccc1-c1ccncn1. The molecule has 0 aliphatic rings. The summed E-state index contributed by atoms with van der Waals surface area (Å²) in [6.07, 6.45) is 3.96. The zero-order valence-electron chi connectivity index (χ0n) is 7.42. The highest BCUT2D eigenvalue weighted by Gasteiger charge is 2.03. The van der Waals surface area contributed by atoms with E-state index in [0.29, 0.717) is 5.56 Å². The van der Waals surface area contributed by atoms with Crippen molar-refractivity contribution in [2.45, 2.75) is 0 Å². The van der Waals surface area contributed by atoms with Gasteiger partial charge in [0.1, 0.15) is 6.33 Å². The monoisotopic (exact) mass is 184 g/mol. The second kappa shape index (κ2) is 3.79. The zero-order valence-corrected chi connectivity index (χ0v) is 7.42. The van der Waals surface area contributed by atoms with E-state index in [1.54, 1.807) is 18.3 Å². The van der Waals surface area contributed by atoms with Gasteiger partial charge >= 0.3 is 0 Å². The van der Waals surface area contributed by atoms with E-state index in [4.69, 9.17) is 0 Å². The predicted octanol–water partition coefficient (Wildman–Crippen LogP) is 1.96. The van der Waals surface area contributed by atoms with E-state index >= 15 is 0 Å². The Bertz CT molecular complexity index is 440. The zero-order chi connectivity index (χ0) is 9.80. The lowest BCUT2D eigenvalue weighted by molar-refractivity contribution is 0.112. The molecule has 0 spiro atoms. The van der Waals surface area contributed by atoms with Crippen molar-refractivity contribution in [3.8, 4) is 11.3 Å². The van der Waals surface area contributed by atoms with Crippen LogP contribution in [0.4, 0.5) is 0 Å². The van der Waals surface area contributed by atoms with Crippen molar-refractivity contribution in [3.05, 3.63) is 48.4 Å². The lowest BCUT2D eigenvalue weighted by atomic mass is 10.1. The number of nitrogens with zero attached hydrogens (tertiary/aromatic N) is 2. The Morgan fingerprint density at radius 2 is 2.00 bits per heavy atom. The topological polar surface area (TPSA) is 42.9 Å². The molecule has 0 fully saturated rings. The summed E-state index contributed by atoms with van der Waals surface area (Å²) >= 11 is 0. The number of hydrogen-bond donors (Lipinski definition) is 0. The van der Waals surface area contributed by atoms with Crippen LogP contribution in [0.25, 0.3) is 11.3 Å². The van der Waals surface area contributed by atoms with Crippen LogP contribution in [0, 0.1) is 0 Å². The van der Waals surface area contributed by atoms with Gasteiger partial charge in [-0.3, -0.25) is 4.79 Å². The summed E-state index contributed by atoms with van der Waals surface area (Å²) < 4.78 is 0. The fraction of sp³-hybridized carbons (Fsp3) is 0. The molecule has 1 aromatic carbocycles. The molecule has 0 N–H and O–H groups in total. The highest BCUT2D eigenvalue weighted by Crippen LogP contribution is 2.18. The van der Waals surface area contributed by atoms with Crippen LogP contribution in [0.3, 0.4) is 0 Å². The summed E-state index contributed by atoms with van der Waals surface area (Å²) in [6.45, 7) is 0. The number of benzene rings is 1. The Hall–Kier alpha value is -2.03. The molecule has 0 saturated carbocycles. The lowest BCUT2D eigenvalue weighted by Crippen LogP contribution is -1.89. The van der Waals surface area contributed by atoms with E-state index in [0.717, 1.165) is 17.5 Å². The van der Waals surface area contributed by atoms with Gasteiger partial charge in [-0.25, -0.2) is 9.97 Å². The van der Waals surface area contributed by atoms with Gasteiger partial charge in [0.05, 0.1) is 5.69 Å². The third-order valence-corrected chi connectivity index (χ3v) is 1.95. The number of rotatable bonds is 2. The molecule has 0 saturated heterocycles. The quantitative estimate of drug-likeness (QED) is 0.670. The minimum absolute atomic E-state index is 0.645. The highest BCUT2D eigenvalue weighted by atomic mass is 16.1. The highest BCUT2D eigenvalue weighted by molar-refractivity contribution is 5.86. The van der Waals surface area contributed by atoms with Gasteiger partial charge in [-0.2, -0.15) is 0 Å². The summed E-state index contributed by atoms with van der Waals surface area (Å²) in [5, 5.41) is 0. The Morgan fingerprint density at radius 1 is 1.14 bits per heavy atom. The average molecular weight is 184 g/mol. The molecule has 0 bridgehead atoms. The van der Waals surface area contributed by atoms with Crippen molar-refractivity contribution in [1.29, 1.82) is 0 Å². The number of hydrogen-bond acceptors (Lipinski definition) is 3. The van der Waals surface area contributed by atoms with Crippen LogP contribution in [0.1, 0.15) is 10.4 Å². The van der Waals surface area contributed by atoms with Gasteiger partial charge in [0.25, 0.3) is 0 Å². The molecular weight excluding hydrogens is 176 g/mol. The van der Waals surface area contributed by atoms with Crippen molar-refractivity contribution < 1.29 is 4.79 Å². The minimum Gasteiger partial charge on any atom is -0.298 e. The first-order chi connectivity index (χ1) is 6.92. The van der Waals surface area contributed by atoms with Crippen molar-refractivity contribution >= 4 is 6.29 Å². The molecule has 1 aromatic heterocycles. The molecule has 0 atom stereocenters. The maximum atomic E-state index is 10.8. The number of aromatic nitrogens is 2. The Balaban J connectivity index is 2.57. The standard InChI is InChI=1S/C11H8N2O/c14-7-9-3-1-2-4-10(9)11-5-6-12-8-13-11/h1-8H. The van der Waals surface area contributed by atoms with Crippen LogP contribution < -0.4 is 0 Å². The van der Waals surface area contributed by atoms with E-state index in [1.165, 1.54) is 6.33 Å². The molecule has 1 heterocycles. The average Bonchev–Trinajstić information content (AvgIpc) is 2.30. The molecule has 0 amide bonds. The van der Waals surface area contributed by atoms with Gasteiger partial charge in [-0.05, 0) is 6.07 Å². The third kappa shape index (κ3) is 1.52. The number of carbonyl (C=O) groups excluding carboxylic acids is 1. The summed E-state index contributed by atoms with van der Waals surface area (Å²) in [5.41, 5.74) is 2.25. The molecule has 0 radical (unpaired) electrons. The lowest BCUT2D eigenvalue weighted by Gasteiger charge is -2.01. The fourth-order valence-corrected chi connectivity index (χ4v) is 1.28. The van der Waals surface area contributed by atoms with Crippen LogP contribution in [0.5, 0.6) is 0 Å². The van der Waals surface area contributed by atoms with E-state index < -0.39 is 0 Å². The Labute approximate surface area is 81.5 Å². The van der Waals surface area contributed by atoms with E-state index in [9.17, 15) is 4.79 Å². The van der Waals surface area contributed by atoms with Crippen LogP contribution in [0.2, 0.25) is 0 Å².